The van der Waals surface area contributed by atoms with Crippen molar-refractivity contribution in [1.82, 2.24) is 0 Å². The van der Waals surface area contributed by atoms with E-state index in [-0.39, 0.29) is 6.42 Å². The molecule has 0 heterocycles. The molecular weight excluding hydrogens is 483 g/mol. The van der Waals surface area contributed by atoms with Crippen LogP contribution in [0.25, 0.3) is 0 Å². The maximum absolute atomic E-state index is 14.0. The van der Waals surface area contributed by atoms with Crippen molar-refractivity contribution in [2.75, 3.05) is 6.61 Å². The van der Waals surface area contributed by atoms with Crippen LogP contribution in [0, 0.1) is 16.7 Å². The van der Waals surface area contributed by atoms with Crippen LogP contribution in [0.4, 0.5) is 22.0 Å². The van der Waals surface area contributed by atoms with Crippen molar-refractivity contribution in [3.63, 3.8) is 0 Å². The highest BCUT2D eigenvalue weighted by atomic mass is 35.5. The van der Waals surface area contributed by atoms with Crippen LogP contribution in [-0.4, -0.2) is 30.0 Å². The molecule has 184 valence electrons. The molecule has 1 saturated carbocycles. The van der Waals surface area contributed by atoms with Gasteiger partial charge in [0.2, 0.25) is 0 Å². The predicted molar refractivity (Wildman–Crippen MR) is 115 cm³/mol. The van der Waals surface area contributed by atoms with Gasteiger partial charge in [-0.25, -0.2) is 0 Å². The van der Waals surface area contributed by atoms with Gasteiger partial charge in [-0.05, 0) is 41.7 Å². The fourth-order valence-electron chi connectivity index (χ4n) is 4.22. The second kappa shape index (κ2) is 9.19. The summed E-state index contributed by atoms with van der Waals surface area (Å²) in [5.74, 6) is -1.19. The highest BCUT2D eigenvalue weighted by Crippen LogP contribution is 2.71. The van der Waals surface area contributed by atoms with Crippen LogP contribution in [0.3, 0.4) is 0 Å². The van der Waals surface area contributed by atoms with Gasteiger partial charge in [0.25, 0.3) is 0 Å². The quantitative estimate of drug-likeness (QED) is 0.372. The Morgan fingerprint density at radius 2 is 1.68 bits per heavy atom. The summed E-state index contributed by atoms with van der Waals surface area (Å²) < 4.78 is 74.3. The van der Waals surface area contributed by atoms with E-state index >= 15 is 0 Å². The molecule has 0 radical (unpaired) electrons. The van der Waals surface area contributed by atoms with E-state index in [2.05, 4.69) is 4.74 Å². The highest BCUT2D eigenvalue weighted by molar-refractivity contribution is 6.30. The van der Waals surface area contributed by atoms with Crippen molar-refractivity contribution in [3.05, 3.63) is 71.3 Å². The summed E-state index contributed by atoms with van der Waals surface area (Å²) >= 11 is 5.62. The van der Waals surface area contributed by atoms with Crippen LogP contribution in [-0.2, 0) is 16.0 Å². The number of halogens is 6. The monoisotopic (exact) mass is 504 g/mol. The van der Waals surface area contributed by atoms with Gasteiger partial charge in [0.05, 0.1) is 5.41 Å². The first-order chi connectivity index (χ1) is 15.7. The molecular formula is C24H22ClF5O4. The Bertz CT molecular complexity index is 1070. The number of para-hydroxylation sites is 1. The number of allylic oxidation sites excluding steroid dienone is 1. The summed E-state index contributed by atoms with van der Waals surface area (Å²) in [6.45, 7) is 0.952. The zero-order chi connectivity index (χ0) is 25.4. The van der Waals surface area contributed by atoms with Crippen LogP contribution < -0.4 is 4.74 Å². The summed E-state index contributed by atoms with van der Waals surface area (Å²) in [4.78, 5) is 12.3. The van der Waals surface area contributed by atoms with E-state index in [0.29, 0.717) is 17.1 Å². The van der Waals surface area contributed by atoms with Crippen molar-refractivity contribution in [2.24, 2.45) is 16.7 Å². The zero-order valence-corrected chi connectivity index (χ0v) is 19.0. The molecule has 2 aromatic carbocycles. The van der Waals surface area contributed by atoms with Crippen LogP contribution in [0.2, 0.25) is 0 Å². The van der Waals surface area contributed by atoms with E-state index in [1.807, 2.05) is 6.07 Å². The van der Waals surface area contributed by atoms with Crippen LogP contribution in [0.15, 0.2) is 65.7 Å². The van der Waals surface area contributed by atoms with E-state index in [9.17, 15) is 31.9 Å². The van der Waals surface area contributed by atoms with Crippen molar-refractivity contribution in [3.8, 4) is 11.5 Å². The number of hydrogen-bond donors (Lipinski definition) is 1. The standard InChI is InChI=1S/C24H22ClF5O4/c1-21(2)18(12-19(25)24(29,30)33-14-23(26,27)28)22(21,20(31)32)13-15-7-6-10-17(11-15)34-16-8-4-3-5-9-16/h3-12,18H,13-14H2,1-2H3,(H,31,32). The molecule has 1 aliphatic carbocycles. The molecule has 2 aromatic rings. The Morgan fingerprint density at radius 1 is 1.06 bits per heavy atom. The summed E-state index contributed by atoms with van der Waals surface area (Å²) in [6, 6.07) is 15.6. The number of benzene rings is 2. The Hall–Kier alpha value is -2.65. The second-order valence-corrected chi connectivity index (χ2v) is 9.06. The molecule has 0 spiro atoms. The lowest BCUT2D eigenvalue weighted by Gasteiger charge is -2.18. The van der Waals surface area contributed by atoms with Gasteiger partial charge in [0.15, 0.2) is 0 Å². The molecule has 0 amide bonds. The third-order valence-corrected chi connectivity index (χ3v) is 6.47. The third kappa shape index (κ3) is 5.36. The lowest BCUT2D eigenvalue weighted by molar-refractivity contribution is -0.267. The van der Waals surface area contributed by atoms with E-state index < -0.39 is 46.6 Å². The summed E-state index contributed by atoms with van der Waals surface area (Å²) in [5.41, 5.74) is -1.95. The molecule has 3 rings (SSSR count). The van der Waals surface area contributed by atoms with Crippen molar-refractivity contribution in [1.29, 1.82) is 0 Å². The lowest BCUT2D eigenvalue weighted by atomic mass is 9.88. The Labute approximate surface area is 197 Å². The smallest absolute Gasteiger partial charge is 0.412 e. The van der Waals surface area contributed by atoms with Crippen LogP contribution >= 0.6 is 11.6 Å². The van der Waals surface area contributed by atoms with Gasteiger partial charge in [-0.3, -0.25) is 4.79 Å². The van der Waals surface area contributed by atoms with Gasteiger partial charge in [0, 0.05) is 5.92 Å². The van der Waals surface area contributed by atoms with Gasteiger partial charge in [0.1, 0.15) is 23.1 Å². The molecule has 0 aliphatic heterocycles. The van der Waals surface area contributed by atoms with Crippen LogP contribution in [0.5, 0.6) is 11.5 Å². The molecule has 2 atom stereocenters. The number of rotatable bonds is 9. The average molecular weight is 505 g/mol. The normalized spacial score (nSPS) is 22.4. The molecule has 0 aromatic heterocycles. The fourth-order valence-corrected chi connectivity index (χ4v) is 4.40. The Kier molecular flexibility index (Phi) is 7.01. The number of carboxylic acids is 1. The van der Waals surface area contributed by atoms with E-state index in [4.69, 9.17) is 16.3 Å². The molecule has 0 bridgehead atoms. The molecule has 4 nitrogen and oxygen atoms in total. The van der Waals surface area contributed by atoms with E-state index in [1.54, 1.807) is 62.4 Å². The molecule has 34 heavy (non-hydrogen) atoms. The zero-order valence-electron chi connectivity index (χ0n) is 18.2. The van der Waals surface area contributed by atoms with Gasteiger partial charge in [-0.2, -0.15) is 22.0 Å². The third-order valence-electron chi connectivity index (χ3n) is 6.12. The summed E-state index contributed by atoms with van der Waals surface area (Å²) in [7, 11) is 0. The predicted octanol–water partition coefficient (Wildman–Crippen LogP) is 7.04. The second-order valence-electron chi connectivity index (χ2n) is 8.65. The van der Waals surface area contributed by atoms with Gasteiger partial charge in [-0.1, -0.05) is 61.9 Å². The molecule has 1 fully saturated rings. The first-order valence-electron chi connectivity index (χ1n) is 10.2. The van der Waals surface area contributed by atoms with Gasteiger partial charge < -0.3 is 14.6 Å². The number of alkyl halides is 5. The maximum Gasteiger partial charge on any atom is 0.412 e. The van der Waals surface area contributed by atoms with Crippen molar-refractivity contribution < 1.29 is 41.3 Å². The number of ether oxygens (including phenoxy) is 2. The van der Waals surface area contributed by atoms with Gasteiger partial charge >= 0.3 is 18.3 Å². The van der Waals surface area contributed by atoms with Crippen molar-refractivity contribution >= 4 is 17.6 Å². The first kappa shape index (κ1) is 26.0. The minimum Gasteiger partial charge on any atom is -0.481 e. The van der Waals surface area contributed by atoms with Gasteiger partial charge in [-0.15, -0.1) is 0 Å². The Balaban J connectivity index is 1.84. The minimum atomic E-state index is -4.98. The molecule has 10 heteroatoms. The highest BCUT2D eigenvalue weighted by Gasteiger charge is 2.74. The topological polar surface area (TPSA) is 55.8 Å². The fraction of sp³-hybridized carbons (Fsp3) is 0.375. The summed E-state index contributed by atoms with van der Waals surface area (Å²) in [5, 5.41) is 8.74. The largest absolute Gasteiger partial charge is 0.481 e. The van der Waals surface area contributed by atoms with E-state index in [0.717, 1.165) is 6.08 Å². The van der Waals surface area contributed by atoms with E-state index in [1.165, 1.54) is 0 Å². The SMILES string of the molecule is CC1(C)C(C=C(Cl)C(F)(F)OCC(F)(F)F)C1(Cc1cccc(Oc2ccccc2)c1)C(=O)O. The average Bonchev–Trinajstić information content (AvgIpc) is 3.21. The Morgan fingerprint density at radius 3 is 2.26 bits per heavy atom. The molecule has 1 N–H and O–H groups in total. The van der Waals surface area contributed by atoms with Crippen LogP contribution in [0.1, 0.15) is 19.4 Å². The first-order valence-corrected chi connectivity index (χ1v) is 10.6. The lowest BCUT2D eigenvalue weighted by Crippen LogP contribution is -2.29. The number of carboxylic acid groups (broad SMARTS) is 1. The minimum absolute atomic E-state index is 0.0400. The number of carbonyl (C=O) groups is 1. The maximum atomic E-state index is 14.0. The molecule has 1 aliphatic rings. The number of aliphatic carboxylic acids is 1. The number of hydrogen-bond acceptors (Lipinski definition) is 3. The molecule has 0 saturated heterocycles. The summed E-state index contributed by atoms with van der Waals surface area (Å²) in [6.07, 6.45) is -8.64. The van der Waals surface area contributed by atoms with Crippen molar-refractivity contribution in [2.45, 2.75) is 32.6 Å². The molecule has 2 unspecified atom stereocenters.